The molecule has 0 saturated heterocycles. The number of nitrogens with one attached hydrogen (secondary N) is 1. The third-order valence-corrected chi connectivity index (χ3v) is 14.7. The predicted octanol–water partition coefficient (Wildman–Crippen LogP) is 8.33. The van der Waals surface area contributed by atoms with Crippen molar-refractivity contribution in [3.05, 3.63) is 190 Å². The van der Waals surface area contributed by atoms with Gasteiger partial charge in [-0.2, -0.15) is 18.4 Å². The molecule has 1 N–H and O–H groups in total. The molecule has 0 atom stereocenters. The van der Waals surface area contributed by atoms with Gasteiger partial charge in [-0.25, -0.2) is 0 Å². The van der Waals surface area contributed by atoms with E-state index in [0.717, 1.165) is 24.9 Å². The largest absolute Gasteiger partial charge is 0.289 e. The van der Waals surface area contributed by atoms with Crippen LogP contribution in [-0.2, 0) is 10.0 Å². The van der Waals surface area contributed by atoms with Crippen molar-refractivity contribution in [2.24, 2.45) is 5.10 Å². The highest BCUT2D eigenvalue weighted by Gasteiger charge is 2.34. The number of ketones is 1. The van der Waals surface area contributed by atoms with Crippen LogP contribution in [0.5, 0.6) is 0 Å². The minimum atomic E-state index is -4.01. The molecule has 49 heavy (non-hydrogen) atoms. The van der Waals surface area contributed by atoms with Gasteiger partial charge in [0.25, 0.3) is 10.0 Å². The molecule has 0 fully saturated rings. The third-order valence-electron chi connectivity index (χ3n) is 8.07. The highest BCUT2D eigenvalue weighted by molar-refractivity contribution is 9.10. The molecule has 0 aliphatic heterocycles. The summed E-state index contributed by atoms with van der Waals surface area (Å²) in [6.07, 6.45) is 0.0559. The number of hydrazone groups is 1. The zero-order valence-electron chi connectivity index (χ0n) is 26.2. The zero-order valence-corrected chi connectivity index (χ0v) is 31.0. The van der Waals surface area contributed by atoms with E-state index in [9.17, 15) is 8.42 Å². The second-order valence-corrected chi connectivity index (χ2v) is 18.0. The number of carbonyl (C=O) groups excluding carboxylic acids is 1. The van der Waals surface area contributed by atoms with E-state index in [1.807, 2.05) is 103 Å². The number of sulfonamides is 1. The summed E-state index contributed by atoms with van der Waals surface area (Å²) in [5.41, 5.74) is 1.59. The lowest BCUT2D eigenvalue weighted by Gasteiger charge is -2.33. The lowest BCUT2D eigenvalue weighted by molar-refractivity contribution is 0.106. The minimum absolute atomic E-state index is 0.0559. The Kier molecular flexibility index (Phi) is 10.9. The van der Waals surface area contributed by atoms with Crippen molar-refractivity contribution in [3.63, 3.8) is 0 Å². The summed E-state index contributed by atoms with van der Waals surface area (Å²) in [6, 6.07) is 53.3. The number of nitrogens with zero attached hydrogens (tertiary/aromatic N) is 1. The maximum Gasteiger partial charge on any atom is 0.276 e. The number of hydrogen-bond donors (Lipinski definition) is 1. The smallest absolute Gasteiger partial charge is 0.276 e. The standard InChI is InChI=1S/C40H31Br2N2O3PS/c41-32-25-21-30(22-26-32)38(43-44-49(46,47)37-19-11-4-12-20-37)29-39(40(45)31-23-27-33(42)28-24-31)48(34-13-5-1-6-14-34,35-15-7-2-8-16-35)36-17-9-3-10-18-36/h1-28,44H,29H2/b43-38-. The van der Waals surface area contributed by atoms with Crippen LogP contribution in [0, 0.1) is 0 Å². The van der Waals surface area contributed by atoms with Crippen molar-refractivity contribution in [3.8, 4) is 0 Å². The van der Waals surface area contributed by atoms with E-state index >= 15 is 4.79 Å². The summed E-state index contributed by atoms with van der Waals surface area (Å²) in [7, 11) is -4.01. The molecule has 0 saturated carbocycles. The maximum atomic E-state index is 15.2. The Morgan fingerprint density at radius 3 is 1.37 bits per heavy atom. The molecule has 0 aromatic heterocycles. The molecular formula is C40H31Br2N2O3PS. The molecule has 0 unspecified atom stereocenters. The normalized spacial score (nSPS) is 11.9. The first-order valence-electron chi connectivity index (χ1n) is 15.4. The van der Waals surface area contributed by atoms with Gasteiger partial charge in [0.05, 0.1) is 10.6 Å². The van der Waals surface area contributed by atoms with E-state index in [1.165, 1.54) is 12.1 Å². The molecule has 0 amide bonds. The van der Waals surface area contributed by atoms with Crippen LogP contribution in [0.25, 0.3) is 0 Å². The van der Waals surface area contributed by atoms with Crippen molar-refractivity contribution in [2.75, 3.05) is 0 Å². The fourth-order valence-corrected chi connectivity index (χ4v) is 11.7. The van der Waals surface area contributed by atoms with Crippen molar-refractivity contribution in [1.82, 2.24) is 4.83 Å². The molecule has 0 bridgehead atoms. The van der Waals surface area contributed by atoms with Gasteiger partial charge in [-0.1, -0.05) is 153 Å². The van der Waals surface area contributed by atoms with Crippen LogP contribution in [0.4, 0.5) is 0 Å². The zero-order chi connectivity index (χ0) is 34.3. The Labute approximate surface area is 304 Å². The number of benzene rings is 6. The van der Waals surface area contributed by atoms with E-state index in [4.69, 9.17) is 0 Å². The summed E-state index contributed by atoms with van der Waals surface area (Å²) in [6.45, 7) is -2.92. The Morgan fingerprint density at radius 2 is 0.939 bits per heavy atom. The summed E-state index contributed by atoms with van der Waals surface area (Å²) in [5.74, 6) is -0.145. The fourth-order valence-electron chi connectivity index (χ4n) is 5.76. The molecule has 6 aromatic carbocycles. The quantitative estimate of drug-likeness (QED) is 0.0620. The average Bonchev–Trinajstić information content (AvgIpc) is 3.15. The predicted molar refractivity (Wildman–Crippen MR) is 211 cm³/mol. The Hall–Kier alpha value is -4.33. The molecule has 0 aliphatic rings. The van der Waals surface area contributed by atoms with E-state index in [2.05, 4.69) is 78.2 Å². The van der Waals surface area contributed by atoms with Gasteiger partial charge in [0.15, 0.2) is 5.78 Å². The Morgan fingerprint density at radius 1 is 0.551 bits per heavy atom. The fraction of sp³-hybridized carbons (Fsp3) is 0.0250. The number of Topliss-reactive ketones (excluding diaryl/α,β-unsaturated/α-hetero) is 1. The van der Waals surface area contributed by atoms with Crippen molar-refractivity contribution < 1.29 is 13.2 Å². The van der Waals surface area contributed by atoms with Crippen LogP contribution in [0.15, 0.2) is 189 Å². The van der Waals surface area contributed by atoms with E-state index in [-0.39, 0.29) is 17.1 Å². The summed E-state index contributed by atoms with van der Waals surface area (Å²) in [5, 5.41) is 8.19. The second kappa shape index (κ2) is 15.5. The van der Waals surface area contributed by atoms with Crippen molar-refractivity contribution in [2.45, 2.75) is 11.3 Å². The maximum absolute atomic E-state index is 15.2. The molecule has 0 spiro atoms. The molecular weight excluding hydrogens is 779 g/mol. The number of halogens is 2. The lowest BCUT2D eigenvalue weighted by Crippen LogP contribution is -2.35. The van der Waals surface area contributed by atoms with Gasteiger partial charge in [0.2, 0.25) is 0 Å². The second-order valence-electron chi connectivity index (χ2n) is 11.1. The number of rotatable bonds is 11. The van der Waals surface area contributed by atoms with Crippen molar-refractivity contribution in [1.29, 1.82) is 0 Å². The van der Waals surface area contributed by atoms with Crippen LogP contribution < -0.4 is 20.7 Å². The highest BCUT2D eigenvalue weighted by atomic mass is 79.9. The Bertz CT molecular complexity index is 2140. The summed E-state index contributed by atoms with van der Waals surface area (Å²) in [4.78, 5) is 17.8. The van der Waals surface area contributed by atoms with Crippen LogP contribution in [-0.4, -0.2) is 25.2 Å². The van der Waals surface area contributed by atoms with Gasteiger partial charge in [-0.15, -0.1) is 0 Å². The van der Waals surface area contributed by atoms with E-state index in [0.29, 0.717) is 22.1 Å². The molecule has 0 radical (unpaired) electrons. The highest BCUT2D eigenvalue weighted by Crippen LogP contribution is 2.48. The van der Waals surface area contributed by atoms with E-state index < -0.39 is 16.9 Å². The van der Waals surface area contributed by atoms with Crippen LogP contribution in [0.3, 0.4) is 0 Å². The van der Waals surface area contributed by atoms with Gasteiger partial charge in [-0.3, -0.25) is 4.79 Å². The third kappa shape index (κ3) is 7.63. The molecule has 6 rings (SSSR count). The van der Waals surface area contributed by atoms with E-state index in [1.54, 1.807) is 18.2 Å². The van der Waals surface area contributed by atoms with Gasteiger partial charge in [-0.05, 0) is 76.9 Å². The van der Waals surface area contributed by atoms with Crippen molar-refractivity contribution >= 4 is 81.5 Å². The molecule has 0 aliphatic carbocycles. The molecule has 9 heteroatoms. The first kappa shape index (κ1) is 34.5. The molecule has 5 nitrogen and oxygen atoms in total. The van der Waals surface area contributed by atoms with Gasteiger partial charge in [0, 0.05) is 26.2 Å². The molecule has 6 aromatic rings. The lowest BCUT2D eigenvalue weighted by atomic mass is 10.0. The average molecular weight is 811 g/mol. The molecule has 0 heterocycles. The Balaban J connectivity index is 1.71. The number of carbonyl (C=O) groups is 1. The topological polar surface area (TPSA) is 75.6 Å². The molecule has 244 valence electrons. The van der Waals surface area contributed by atoms with Crippen LogP contribution in [0.1, 0.15) is 22.3 Å². The monoisotopic (exact) mass is 808 g/mol. The number of hydrogen-bond acceptors (Lipinski definition) is 4. The summed E-state index contributed by atoms with van der Waals surface area (Å²) >= 11 is 7.04. The van der Waals surface area contributed by atoms with Gasteiger partial charge < -0.3 is 0 Å². The van der Waals surface area contributed by atoms with Crippen LogP contribution in [0.2, 0.25) is 0 Å². The first-order chi connectivity index (χ1) is 23.8. The first-order valence-corrected chi connectivity index (χ1v) is 20.3. The minimum Gasteiger partial charge on any atom is -0.289 e. The van der Waals surface area contributed by atoms with Crippen LogP contribution >= 0.6 is 38.7 Å². The SMILES string of the molecule is O=C(C(C/C(=N/NS(=O)(=O)c1ccccc1)c1ccc(Br)cc1)=P(c1ccccc1)(c1ccccc1)c1ccccc1)c1ccc(Br)cc1. The van der Waals surface area contributed by atoms with Gasteiger partial charge >= 0.3 is 0 Å². The van der Waals surface area contributed by atoms with Gasteiger partial charge in [0.1, 0.15) is 0 Å². The summed E-state index contributed by atoms with van der Waals surface area (Å²) < 4.78 is 28.6.